The van der Waals surface area contributed by atoms with Gasteiger partial charge in [-0.3, -0.25) is 0 Å². The number of aryl methyl sites for hydroxylation is 1. The van der Waals surface area contributed by atoms with Gasteiger partial charge in [-0.15, -0.1) is 0 Å². The summed E-state index contributed by atoms with van der Waals surface area (Å²) in [6.07, 6.45) is 0. The van der Waals surface area contributed by atoms with Crippen LogP contribution in [0.2, 0.25) is 0 Å². The second-order valence-electron chi connectivity index (χ2n) is 7.39. The summed E-state index contributed by atoms with van der Waals surface area (Å²) in [6.45, 7) is 15.7. The molecule has 0 fully saturated rings. The Morgan fingerprint density at radius 1 is 1.00 bits per heavy atom. The van der Waals surface area contributed by atoms with Crippen LogP contribution in [0, 0.1) is 12.3 Å². The van der Waals surface area contributed by atoms with Gasteiger partial charge >= 0.3 is 0 Å². The van der Waals surface area contributed by atoms with E-state index >= 15 is 0 Å². The fraction of sp³-hybridized carbons (Fsp3) is 0.667. The van der Waals surface area contributed by atoms with Crippen LogP contribution in [0.4, 0.5) is 0 Å². The molecule has 0 aromatic heterocycles. The zero-order valence-corrected chi connectivity index (χ0v) is 14.3. The number of rotatable bonds is 5. The van der Waals surface area contributed by atoms with Crippen molar-refractivity contribution >= 4 is 0 Å². The highest BCUT2D eigenvalue weighted by atomic mass is 16.3. The molecule has 0 amide bonds. The first-order chi connectivity index (χ1) is 9.08. The smallest absolute Gasteiger partial charge is 0.143 e. The molecule has 1 aromatic carbocycles. The number of benzene rings is 1. The Morgan fingerprint density at radius 3 is 1.80 bits per heavy atom. The van der Waals surface area contributed by atoms with Gasteiger partial charge in [0.2, 0.25) is 0 Å². The van der Waals surface area contributed by atoms with E-state index in [9.17, 15) is 5.11 Å². The van der Waals surface area contributed by atoms with Crippen LogP contribution in [0.5, 0.6) is 0 Å². The predicted molar refractivity (Wildman–Crippen MR) is 86.7 cm³/mol. The summed E-state index contributed by atoms with van der Waals surface area (Å²) in [5.41, 5.74) is 1.24. The molecule has 0 bridgehead atoms. The van der Waals surface area contributed by atoms with Gasteiger partial charge in [0.05, 0.1) is 20.1 Å². The molecule has 1 unspecified atom stereocenters. The fourth-order valence-electron chi connectivity index (χ4n) is 2.59. The molecule has 2 nitrogen and oxygen atoms in total. The third-order valence-corrected chi connectivity index (χ3v) is 4.91. The van der Waals surface area contributed by atoms with Gasteiger partial charge < -0.3 is 9.59 Å². The quantitative estimate of drug-likeness (QED) is 0.814. The lowest BCUT2D eigenvalue weighted by molar-refractivity contribution is -0.914. The number of hydrogen-bond acceptors (Lipinski definition) is 1. The maximum Gasteiger partial charge on any atom is 0.143 e. The van der Waals surface area contributed by atoms with Crippen molar-refractivity contribution in [2.24, 2.45) is 5.41 Å². The Bertz CT molecular complexity index is 426. The predicted octanol–water partition coefficient (Wildman–Crippen LogP) is 3.72. The van der Waals surface area contributed by atoms with Gasteiger partial charge in [-0.25, -0.2) is 0 Å². The van der Waals surface area contributed by atoms with Crippen LogP contribution in [0.25, 0.3) is 0 Å². The molecule has 1 atom stereocenters. The monoisotopic (exact) mass is 278 g/mol. The van der Waals surface area contributed by atoms with Crippen molar-refractivity contribution in [1.82, 2.24) is 0 Å². The lowest BCUT2D eigenvalue weighted by Crippen LogP contribution is -2.57. The highest BCUT2D eigenvalue weighted by molar-refractivity contribution is 5.28. The molecule has 1 N–H and O–H groups in total. The van der Waals surface area contributed by atoms with E-state index in [0.29, 0.717) is 0 Å². The van der Waals surface area contributed by atoms with E-state index in [0.717, 1.165) is 29.7 Å². The number of quaternary nitrogens is 1. The van der Waals surface area contributed by atoms with E-state index in [4.69, 9.17) is 0 Å². The van der Waals surface area contributed by atoms with Gasteiger partial charge in [-0.2, -0.15) is 0 Å². The normalized spacial score (nSPS) is 16.0. The summed E-state index contributed by atoms with van der Waals surface area (Å²) in [5, 5.41) is 11.5. The number of hydrogen-bond donors (Lipinski definition) is 1. The van der Waals surface area contributed by atoms with Crippen LogP contribution in [-0.4, -0.2) is 36.3 Å². The molecule has 0 radical (unpaired) electrons. The van der Waals surface area contributed by atoms with Gasteiger partial charge in [0, 0.05) is 5.41 Å². The minimum absolute atomic E-state index is 0.202. The average molecular weight is 278 g/mol. The zero-order valence-electron chi connectivity index (χ0n) is 14.3. The first-order valence-corrected chi connectivity index (χ1v) is 7.71. The van der Waals surface area contributed by atoms with Crippen molar-refractivity contribution in [3.05, 3.63) is 35.4 Å². The van der Waals surface area contributed by atoms with E-state index in [1.807, 2.05) is 0 Å². The molecule has 20 heavy (non-hydrogen) atoms. The summed E-state index contributed by atoms with van der Waals surface area (Å²) in [7, 11) is 2.23. The van der Waals surface area contributed by atoms with Crippen LogP contribution < -0.4 is 0 Å². The number of nitrogens with zero attached hydrogens (tertiary/aromatic N) is 1. The summed E-state index contributed by atoms with van der Waals surface area (Å²) >= 11 is 0. The number of aliphatic hydroxyl groups is 1. The molecule has 0 saturated carbocycles. The van der Waals surface area contributed by atoms with Crippen LogP contribution in [-0.2, 0) is 5.60 Å². The second-order valence-corrected chi connectivity index (χ2v) is 7.39. The lowest BCUT2D eigenvalue weighted by Gasteiger charge is -2.46. The Hall–Kier alpha value is -0.860. The zero-order chi connectivity index (χ0) is 15.6. The molecular weight excluding hydrogens is 246 g/mol. The Kier molecular flexibility index (Phi) is 5.04. The summed E-state index contributed by atoms with van der Waals surface area (Å²) < 4.78 is 0.877. The SMILES string of the molecule is CC[N+](C)(CC)CC(O)(c1ccc(C)cc1)C(C)(C)C. The van der Waals surface area contributed by atoms with Gasteiger partial charge in [-0.1, -0.05) is 50.6 Å². The Balaban J connectivity index is 3.27. The third kappa shape index (κ3) is 3.42. The molecule has 0 aliphatic heterocycles. The van der Waals surface area contributed by atoms with Gasteiger partial charge in [0.15, 0.2) is 0 Å². The van der Waals surface area contributed by atoms with E-state index in [2.05, 4.69) is 72.9 Å². The molecule has 0 spiro atoms. The van der Waals surface area contributed by atoms with Gasteiger partial charge in [0.25, 0.3) is 0 Å². The van der Waals surface area contributed by atoms with Crippen LogP contribution in [0.15, 0.2) is 24.3 Å². The third-order valence-electron chi connectivity index (χ3n) is 4.91. The molecule has 0 saturated heterocycles. The molecule has 1 rings (SSSR count). The van der Waals surface area contributed by atoms with E-state index < -0.39 is 5.60 Å². The summed E-state index contributed by atoms with van der Waals surface area (Å²) in [5.74, 6) is 0. The first kappa shape index (κ1) is 17.2. The fourth-order valence-corrected chi connectivity index (χ4v) is 2.59. The van der Waals surface area contributed by atoms with Crippen molar-refractivity contribution in [3.63, 3.8) is 0 Å². The molecule has 0 heterocycles. The maximum atomic E-state index is 11.5. The van der Waals surface area contributed by atoms with E-state index in [1.165, 1.54) is 5.56 Å². The van der Waals surface area contributed by atoms with Crippen molar-refractivity contribution < 1.29 is 9.59 Å². The molecule has 0 aliphatic carbocycles. The van der Waals surface area contributed by atoms with Gasteiger partial charge in [0.1, 0.15) is 12.1 Å². The molecule has 0 aliphatic rings. The Morgan fingerprint density at radius 2 is 1.45 bits per heavy atom. The average Bonchev–Trinajstić information content (AvgIpc) is 2.38. The van der Waals surface area contributed by atoms with Crippen molar-refractivity contribution in [2.45, 2.75) is 47.1 Å². The van der Waals surface area contributed by atoms with Gasteiger partial charge in [-0.05, 0) is 26.3 Å². The molecule has 1 aromatic rings. The topological polar surface area (TPSA) is 20.2 Å². The first-order valence-electron chi connectivity index (χ1n) is 7.71. The largest absolute Gasteiger partial charge is 0.379 e. The van der Waals surface area contributed by atoms with Crippen LogP contribution in [0.3, 0.4) is 0 Å². The van der Waals surface area contributed by atoms with Crippen molar-refractivity contribution in [2.75, 3.05) is 26.7 Å². The Labute approximate surface area is 125 Å². The molecule has 2 heteroatoms. The lowest BCUT2D eigenvalue weighted by atomic mass is 9.71. The molecule has 114 valence electrons. The van der Waals surface area contributed by atoms with E-state index in [-0.39, 0.29) is 5.41 Å². The highest BCUT2D eigenvalue weighted by Gasteiger charge is 2.46. The highest BCUT2D eigenvalue weighted by Crippen LogP contribution is 2.41. The van der Waals surface area contributed by atoms with Crippen molar-refractivity contribution in [3.8, 4) is 0 Å². The second kappa shape index (κ2) is 5.87. The minimum Gasteiger partial charge on any atom is -0.379 e. The summed E-state index contributed by atoms with van der Waals surface area (Å²) in [6, 6.07) is 8.34. The van der Waals surface area contributed by atoms with Crippen molar-refractivity contribution in [1.29, 1.82) is 0 Å². The number of likely N-dealkylation sites (N-methyl/N-ethyl adjacent to an activating group) is 1. The molecular formula is C18H32NO+. The summed E-state index contributed by atoms with van der Waals surface area (Å²) in [4.78, 5) is 0. The maximum absolute atomic E-state index is 11.5. The van der Waals surface area contributed by atoms with E-state index in [1.54, 1.807) is 0 Å². The van der Waals surface area contributed by atoms with Crippen LogP contribution in [0.1, 0.15) is 45.7 Å². The minimum atomic E-state index is -0.818. The van der Waals surface area contributed by atoms with Crippen LogP contribution >= 0.6 is 0 Å². The standard InChI is InChI=1S/C18H32NO/c1-8-19(7,9-2)14-18(20,17(4,5)6)16-12-10-15(3)11-13-16/h10-13,20H,8-9,14H2,1-7H3/q+1.